The third-order valence-electron chi connectivity index (χ3n) is 6.78. The summed E-state index contributed by atoms with van der Waals surface area (Å²) in [7, 11) is 1.55. The second kappa shape index (κ2) is 11.8. The largest absolute Gasteiger partial charge is 0.497 e. The number of hydrogen-bond donors (Lipinski definition) is 2. The Bertz CT molecular complexity index is 1460. The number of likely N-dealkylation sites (tertiary alicyclic amines) is 1. The number of aliphatic carboxylic acids is 1. The number of nitrogens with zero attached hydrogens (tertiary/aromatic N) is 3. The number of methoxy groups -OCH3 is 1. The minimum absolute atomic E-state index is 0.0193. The maximum Gasteiger partial charge on any atom is 0.408 e. The van der Waals surface area contributed by atoms with Crippen LogP contribution in [0.4, 0.5) is 4.79 Å². The van der Waals surface area contributed by atoms with Crippen LogP contribution in [0.5, 0.6) is 11.6 Å². The second-order valence-electron chi connectivity index (χ2n) is 12.4. The Morgan fingerprint density at radius 1 is 1.02 bits per heavy atom. The summed E-state index contributed by atoms with van der Waals surface area (Å²) in [6.45, 7) is 10.5. The van der Waals surface area contributed by atoms with Crippen molar-refractivity contribution in [2.45, 2.75) is 71.8 Å². The summed E-state index contributed by atoms with van der Waals surface area (Å²) in [5, 5.41) is 13.3. The molecule has 3 aromatic rings. The van der Waals surface area contributed by atoms with Gasteiger partial charge in [0.15, 0.2) is 5.82 Å². The number of amides is 2. The quantitative estimate of drug-likeness (QED) is 0.409. The molecular weight excluding hydrogens is 540 g/mol. The molecule has 3 atom stereocenters. The second-order valence-corrected chi connectivity index (χ2v) is 12.4. The molecule has 0 radical (unpaired) electrons. The van der Waals surface area contributed by atoms with Crippen molar-refractivity contribution in [3.63, 3.8) is 0 Å². The van der Waals surface area contributed by atoms with Crippen LogP contribution in [0.1, 0.15) is 48.0 Å². The third kappa shape index (κ3) is 7.07. The number of fused-ring (bicyclic) bond motifs is 1. The van der Waals surface area contributed by atoms with E-state index in [0.717, 1.165) is 5.56 Å². The summed E-state index contributed by atoms with van der Waals surface area (Å²) in [6.07, 6.45) is -1.42. The number of hydrogen-bond acceptors (Lipinski definition) is 8. The van der Waals surface area contributed by atoms with Crippen LogP contribution in [0.15, 0.2) is 48.5 Å². The minimum Gasteiger partial charge on any atom is -0.497 e. The molecule has 0 saturated carbocycles. The summed E-state index contributed by atoms with van der Waals surface area (Å²) < 4.78 is 17.1. The lowest BCUT2D eigenvalue weighted by molar-refractivity contribution is -0.150. The van der Waals surface area contributed by atoms with Crippen LogP contribution < -0.4 is 14.8 Å². The first-order valence-corrected chi connectivity index (χ1v) is 13.8. The highest BCUT2D eigenvalue weighted by Gasteiger charge is 2.46. The molecule has 1 aliphatic rings. The molecule has 1 aromatic heterocycles. The number of benzene rings is 2. The molecule has 2 N–H and O–H groups in total. The Morgan fingerprint density at radius 2 is 1.71 bits per heavy atom. The highest BCUT2D eigenvalue weighted by atomic mass is 16.6. The monoisotopic (exact) mass is 578 g/mol. The molecule has 224 valence electrons. The number of carboxylic acids is 1. The molecule has 1 saturated heterocycles. The predicted octanol–water partition coefficient (Wildman–Crippen LogP) is 4.68. The van der Waals surface area contributed by atoms with E-state index in [4.69, 9.17) is 14.2 Å². The predicted molar refractivity (Wildman–Crippen MR) is 156 cm³/mol. The first kappa shape index (κ1) is 30.5. The Hall–Kier alpha value is -4.41. The fourth-order valence-corrected chi connectivity index (χ4v) is 4.77. The van der Waals surface area contributed by atoms with Gasteiger partial charge in [-0.3, -0.25) is 4.79 Å². The van der Waals surface area contributed by atoms with E-state index in [2.05, 4.69) is 15.3 Å². The lowest BCUT2D eigenvalue weighted by Gasteiger charge is -2.35. The molecule has 11 nitrogen and oxygen atoms in total. The van der Waals surface area contributed by atoms with Crippen molar-refractivity contribution >= 4 is 28.9 Å². The van der Waals surface area contributed by atoms with Gasteiger partial charge >= 0.3 is 12.1 Å². The molecule has 0 aliphatic carbocycles. The van der Waals surface area contributed by atoms with E-state index in [-0.39, 0.29) is 18.8 Å². The van der Waals surface area contributed by atoms with Crippen LogP contribution >= 0.6 is 0 Å². The Kier molecular flexibility index (Phi) is 8.60. The maximum atomic E-state index is 13.8. The van der Waals surface area contributed by atoms with Crippen molar-refractivity contribution in [1.82, 2.24) is 20.2 Å². The van der Waals surface area contributed by atoms with Gasteiger partial charge in [-0.25, -0.2) is 14.6 Å². The average molecular weight is 579 g/mol. The van der Waals surface area contributed by atoms with Crippen LogP contribution in [0.25, 0.3) is 22.3 Å². The zero-order valence-corrected chi connectivity index (χ0v) is 25.0. The van der Waals surface area contributed by atoms with Crippen LogP contribution in [0, 0.1) is 5.41 Å². The first-order chi connectivity index (χ1) is 19.7. The number of aromatic nitrogens is 2. The summed E-state index contributed by atoms with van der Waals surface area (Å²) in [5.41, 5.74) is -0.101. The molecule has 2 heterocycles. The van der Waals surface area contributed by atoms with Crippen molar-refractivity contribution in [1.29, 1.82) is 0 Å². The smallest absolute Gasteiger partial charge is 0.408 e. The van der Waals surface area contributed by atoms with Gasteiger partial charge in [0.1, 0.15) is 29.5 Å². The number of ether oxygens (including phenoxy) is 3. The van der Waals surface area contributed by atoms with E-state index in [0.29, 0.717) is 22.5 Å². The highest BCUT2D eigenvalue weighted by molar-refractivity contribution is 5.91. The van der Waals surface area contributed by atoms with Crippen LogP contribution in [0.2, 0.25) is 0 Å². The van der Waals surface area contributed by atoms with Crippen molar-refractivity contribution in [3.8, 4) is 23.0 Å². The standard InChI is InChI=1S/C31H38N4O7/c1-30(2,3)24(33-29(39)42-31(4,5)6)27(36)35-17-20(16-23(35)28(37)38)41-26-21-15-19(40-7)13-14-22(21)32-25(34-26)18-11-9-8-10-12-18/h8-15,20,23-24H,16-17H2,1-7H3,(H,33,39)(H,37,38)/t20-,23?,24-/m1/s1. The van der Waals surface area contributed by atoms with Crippen LogP contribution in [-0.2, 0) is 14.3 Å². The van der Waals surface area contributed by atoms with Gasteiger partial charge in [-0.15, -0.1) is 0 Å². The van der Waals surface area contributed by atoms with Crippen molar-refractivity contribution in [2.24, 2.45) is 5.41 Å². The van der Waals surface area contributed by atoms with Crippen molar-refractivity contribution in [2.75, 3.05) is 13.7 Å². The average Bonchev–Trinajstić information content (AvgIpc) is 3.34. The minimum atomic E-state index is -1.17. The van der Waals surface area contributed by atoms with Gasteiger partial charge in [0, 0.05) is 12.0 Å². The van der Waals surface area contributed by atoms with Gasteiger partial charge in [0.2, 0.25) is 11.8 Å². The summed E-state index contributed by atoms with van der Waals surface area (Å²) in [4.78, 5) is 49.4. The topological polar surface area (TPSA) is 140 Å². The third-order valence-corrected chi connectivity index (χ3v) is 6.78. The number of nitrogens with one attached hydrogen (secondary N) is 1. The lowest BCUT2D eigenvalue weighted by atomic mass is 9.85. The molecule has 0 bridgehead atoms. The van der Waals surface area contributed by atoms with Gasteiger partial charge in [-0.05, 0) is 44.4 Å². The highest BCUT2D eigenvalue weighted by Crippen LogP contribution is 2.33. The Labute approximate surface area is 245 Å². The fraction of sp³-hybridized carbons (Fsp3) is 0.452. The molecule has 42 heavy (non-hydrogen) atoms. The number of carbonyl (C=O) groups excluding carboxylic acids is 2. The van der Waals surface area contributed by atoms with E-state index in [9.17, 15) is 19.5 Å². The number of carboxylic acid groups (broad SMARTS) is 1. The summed E-state index contributed by atoms with van der Waals surface area (Å²) in [5.74, 6) is -0.431. The van der Waals surface area contributed by atoms with Gasteiger partial charge in [0.05, 0.1) is 24.6 Å². The Balaban J connectivity index is 1.65. The normalized spacial score (nSPS) is 17.9. The lowest BCUT2D eigenvalue weighted by Crippen LogP contribution is -2.57. The number of rotatable bonds is 7. The molecule has 1 fully saturated rings. The molecule has 2 aromatic carbocycles. The van der Waals surface area contributed by atoms with Crippen molar-refractivity contribution < 1.29 is 33.7 Å². The van der Waals surface area contributed by atoms with Gasteiger partial charge in [-0.2, -0.15) is 4.98 Å². The Morgan fingerprint density at radius 3 is 2.31 bits per heavy atom. The summed E-state index contributed by atoms with van der Waals surface area (Å²) >= 11 is 0. The van der Waals surface area contributed by atoms with Gasteiger partial charge < -0.3 is 29.5 Å². The van der Waals surface area contributed by atoms with Crippen LogP contribution in [-0.4, -0.2) is 75.4 Å². The van der Waals surface area contributed by atoms with E-state index < -0.39 is 47.2 Å². The molecule has 4 rings (SSSR count). The molecule has 0 spiro atoms. The van der Waals surface area contributed by atoms with Crippen molar-refractivity contribution in [3.05, 3.63) is 48.5 Å². The van der Waals surface area contributed by atoms with Crippen LogP contribution in [0.3, 0.4) is 0 Å². The van der Waals surface area contributed by atoms with E-state index in [1.807, 2.05) is 30.3 Å². The molecule has 2 amide bonds. The zero-order chi connectivity index (χ0) is 30.8. The SMILES string of the molecule is COc1ccc2nc(-c3ccccc3)nc(O[C@@H]3CC(C(=O)O)N(C(=O)[C@@H](NC(=O)OC(C)(C)C)C(C)(C)C)C3)c2c1. The summed E-state index contributed by atoms with van der Waals surface area (Å²) in [6, 6.07) is 12.6. The van der Waals surface area contributed by atoms with E-state index >= 15 is 0 Å². The molecule has 1 aliphatic heterocycles. The molecule has 1 unspecified atom stereocenters. The molecule has 11 heteroatoms. The number of alkyl carbamates (subject to hydrolysis) is 1. The molecular formula is C31H38N4O7. The van der Waals surface area contributed by atoms with Gasteiger partial charge in [0.25, 0.3) is 0 Å². The fourth-order valence-electron chi connectivity index (χ4n) is 4.77. The van der Waals surface area contributed by atoms with E-state index in [1.165, 1.54) is 4.90 Å². The van der Waals surface area contributed by atoms with Gasteiger partial charge in [-0.1, -0.05) is 51.1 Å². The first-order valence-electron chi connectivity index (χ1n) is 13.8. The zero-order valence-electron chi connectivity index (χ0n) is 25.0. The number of carbonyl (C=O) groups is 3. The maximum absolute atomic E-state index is 13.8. The van der Waals surface area contributed by atoms with E-state index in [1.54, 1.807) is 66.9 Å².